The van der Waals surface area contributed by atoms with Crippen LogP contribution in [0.3, 0.4) is 0 Å². The van der Waals surface area contributed by atoms with E-state index in [9.17, 15) is 0 Å². The van der Waals surface area contributed by atoms with Crippen molar-refractivity contribution in [1.29, 1.82) is 0 Å². The second kappa shape index (κ2) is 4.52. The summed E-state index contributed by atoms with van der Waals surface area (Å²) in [5, 5.41) is 2.90. The Morgan fingerprint density at radius 1 is 1.83 bits per heavy atom. The lowest BCUT2D eigenvalue weighted by Crippen LogP contribution is -2.46. The summed E-state index contributed by atoms with van der Waals surface area (Å²) in [4.78, 5) is 3.91. The van der Waals surface area contributed by atoms with E-state index in [2.05, 4.69) is 17.2 Å². The number of ether oxygens (including phenoxy) is 1. The summed E-state index contributed by atoms with van der Waals surface area (Å²) < 4.78 is 5.42. The highest BCUT2D eigenvalue weighted by Gasteiger charge is 2.19. The van der Waals surface area contributed by atoms with Crippen LogP contribution in [0.1, 0.15) is 19.8 Å². The molecule has 0 saturated heterocycles. The van der Waals surface area contributed by atoms with Crippen molar-refractivity contribution >= 4 is 17.6 Å². The van der Waals surface area contributed by atoms with Gasteiger partial charge in [-0.25, -0.2) is 4.99 Å². The fourth-order valence-electron chi connectivity index (χ4n) is 1.01. The zero-order valence-electron chi connectivity index (χ0n) is 7.09. The number of hydrogen-bond donors (Lipinski definition) is 2. The molecule has 1 aliphatic rings. The van der Waals surface area contributed by atoms with Crippen molar-refractivity contribution in [1.82, 2.24) is 5.32 Å². The molecule has 2 atom stereocenters. The molecule has 0 amide bonds. The van der Waals surface area contributed by atoms with Crippen LogP contribution in [-0.4, -0.2) is 24.3 Å². The molecule has 0 saturated carbocycles. The number of hydrogen-bond acceptors (Lipinski definition) is 4. The molecule has 0 bridgehead atoms. The monoisotopic (exact) mass is 191 g/mol. The van der Waals surface area contributed by atoms with E-state index in [1.807, 2.05) is 0 Å². The van der Waals surface area contributed by atoms with Gasteiger partial charge in [0.1, 0.15) is 11.7 Å². The summed E-state index contributed by atoms with van der Waals surface area (Å²) in [6, 6.07) is 0. The maximum Gasteiger partial charge on any atom is 0.192 e. The molecule has 2 unspecified atom stereocenters. The lowest BCUT2D eigenvalue weighted by molar-refractivity contribution is 0.0340. The molecule has 70 valence electrons. The summed E-state index contributed by atoms with van der Waals surface area (Å²) in [7, 11) is 0. The number of guanidine groups is 1. The Morgan fingerprint density at radius 2 is 2.58 bits per heavy atom. The van der Waals surface area contributed by atoms with Crippen LogP contribution in [0, 0.1) is 0 Å². The number of nitrogens with one attached hydrogen (secondary N) is 1. The van der Waals surface area contributed by atoms with Crippen LogP contribution in [0.15, 0.2) is 4.99 Å². The third kappa shape index (κ3) is 2.87. The highest BCUT2D eigenvalue weighted by molar-refractivity contribution is 6.21. The lowest BCUT2D eigenvalue weighted by atomic mass is 10.3. The Morgan fingerprint density at radius 3 is 3.17 bits per heavy atom. The standard InChI is InChI=1S/C7H14ClN3O/c1-2-3-12-6-4-5(8)10-7(9)11-6/h5-6H,2-4H2,1H3,(H3,9,10,11). The van der Waals surface area contributed by atoms with Gasteiger partial charge in [0.05, 0.1) is 0 Å². The van der Waals surface area contributed by atoms with Gasteiger partial charge in [-0.15, -0.1) is 0 Å². The second-order valence-electron chi connectivity index (χ2n) is 2.69. The number of alkyl halides is 1. The molecular weight excluding hydrogens is 178 g/mol. The Kier molecular flexibility index (Phi) is 3.62. The molecule has 0 aromatic rings. The maximum absolute atomic E-state index is 5.80. The topological polar surface area (TPSA) is 59.6 Å². The highest BCUT2D eigenvalue weighted by atomic mass is 35.5. The number of aliphatic imine (C=N–C) groups is 1. The largest absolute Gasteiger partial charge is 0.370 e. The van der Waals surface area contributed by atoms with Gasteiger partial charge < -0.3 is 15.8 Å². The van der Waals surface area contributed by atoms with Gasteiger partial charge >= 0.3 is 0 Å². The minimum absolute atomic E-state index is 0.0788. The molecule has 0 fully saturated rings. The molecule has 1 heterocycles. The summed E-state index contributed by atoms with van der Waals surface area (Å²) >= 11 is 5.80. The third-order valence-electron chi connectivity index (χ3n) is 1.52. The van der Waals surface area contributed by atoms with Gasteiger partial charge in [0, 0.05) is 13.0 Å². The first kappa shape index (κ1) is 9.61. The smallest absolute Gasteiger partial charge is 0.192 e. The lowest BCUT2D eigenvalue weighted by Gasteiger charge is -2.25. The molecule has 5 heteroatoms. The Balaban J connectivity index is 2.34. The molecule has 0 aromatic heterocycles. The highest BCUT2D eigenvalue weighted by Crippen LogP contribution is 2.12. The van der Waals surface area contributed by atoms with E-state index >= 15 is 0 Å². The first-order chi connectivity index (χ1) is 5.72. The zero-order valence-corrected chi connectivity index (χ0v) is 7.84. The van der Waals surface area contributed by atoms with E-state index in [0.29, 0.717) is 19.0 Å². The minimum Gasteiger partial charge on any atom is -0.370 e. The molecule has 3 N–H and O–H groups in total. The van der Waals surface area contributed by atoms with Gasteiger partial charge in [0.25, 0.3) is 0 Å². The van der Waals surface area contributed by atoms with Gasteiger partial charge in [-0.1, -0.05) is 18.5 Å². The van der Waals surface area contributed by atoms with Crippen LogP contribution in [-0.2, 0) is 4.74 Å². The van der Waals surface area contributed by atoms with Crippen LogP contribution >= 0.6 is 11.6 Å². The second-order valence-corrected chi connectivity index (χ2v) is 3.19. The van der Waals surface area contributed by atoms with Gasteiger partial charge in [-0.2, -0.15) is 0 Å². The van der Waals surface area contributed by atoms with E-state index in [-0.39, 0.29) is 11.7 Å². The molecule has 1 aliphatic heterocycles. The molecule has 0 aromatic carbocycles. The summed E-state index contributed by atoms with van der Waals surface area (Å²) in [6.45, 7) is 2.77. The predicted molar refractivity (Wildman–Crippen MR) is 49.0 cm³/mol. The number of rotatable bonds is 3. The van der Waals surface area contributed by atoms with E-state index in [1.54, 1.807) is 0 Å². The van der Waals surface area contributed by atoms with E-state index in [1.165, 1.54) is 0 Å². The van der Waals surface area contributed by atoms with Crippen molar-refractivity contribution in [2.45, 2.75) is 31.5 Å². The average Bonchev–Trinajstić information content (AvgIpc) is 1.99. The van der Waals surface area contributed by atoms with Gasteiger partial charge in [-0.05, 0) is 6.42 Å². The van der Waals surface area contributed by atoms with Crippen LogP contribution in [0.25, 0.3) is 0 Å². The van der Waals surface area contributed by atoms with Gasteiger partial charge in [0.15, 0.2) is 5.96 Å². The van der Waals surface area contributed by atoms with Gasteiger partial charge in [0.2, 0.25) is 0 Å². The van der Waals surface area contributed by atoms with E-state index in [0.717, 1.165) is 6.42 Å². The molecular formula is C7H14ClN3O. The predicted octanol–water partition coefficient (Wildman–Crippen LogP) is 0.612. The first-order valence-corrected chi connectivity index (χ1v) is 4.51. The van der Waals surface area contributed by atoms with Crippen molar-refractivity contribution in [2.24, 2.45) is 10.7 Å². The molecule has 1 rings (SSSR count). The number of nitrogens with two attached hydrogens (primary N) is 1. The number of halogens is 1. The molecule has 12 heavy (non-hydrogen) atoms. The van der Waals surface area contributed by atoms with Crippen LogP contribution in [0.5, 0.6) is 0 Å². The van der Waals surface area contributed by atoms with E-state index < -0.39 is 0 Å². The van der Waals surface area contributed by atoms with Crippen molar-refractivity contribution in [3.63, 3.8) is 0 Å². The van der Waals surface area contributed by atoms with E-state index in [4.69, 9.17) is 22.1 Å². The SMILES string of the molecule is CCCOC1CC(Cl)N=C(N)N1. The minimum atomic E-state index is -0.256. The fraction of sp³-hybridized carbons (Fsp3) is 0.857. The van der Waals surface area contributed by atoms with Crippen molar-refractivity contribution in [3.05, 3.63) is 0 Å². The fourth-order valence-corrected chi connectivity index (χ4v) is 1.28. The Bertz CT molecular complexity index is 174. The molecule has 4 nitrogen and oxygen atoms in total. The van der Waals surface area contributed by atoms with Crippen molar-refractivity contribution < 1.29 is 4.74 Å². The van der Waals surface area contributed by atoms with Crippen molar-refractivity contribution in [3.8, 4) is 0 Å². The van der Waals surface area contributed by atoms with Crippen LogP contribution in [0.4, 0.5) is 0 Å². The summed E-state index contributed by atoms with van der Waals surface area (Å²) in [5.41, 5.74) is 5.21. The first-order valence-electron chi connectivity index (χ1n) is 4.08. The maximum atomic E-state index is 5.80. The summed E-state index contributed by atoms with van der Waals surface area (Å²) in [6.07, 6.45) is 1.58. The number of nitrogens with zero attached hydrogens (tertiary/aromatic N) is 1. The normalized spacial score (nSPS) is 29.3. The summed E-state index contributed by atoms with van der Waals surface area (Å²) in [5.74, 6) is 0.363. The Hall–Kier alpha value is -0.480. The Labute approximate surface area is 77.1 Å². The van der Waals surface area contributed by atoms with Gasteiger partial charge in [-0.3, -0.25) is 0 Å². The molecule has 0 aliphatic carbocycles. The molecule has 0 spiro atoms. The zero-order chi connectivity index (χ0) is 8.97. The van der Waals surface area contributed by atoms with Crippen LogP contribution < -0.4 is 11.1 Å². The average molecular weight is 192 g/mol. The third-order valence-corrected chi connectivity index (χ3v) is 1.80. The van der Waals surface area contributed by atoms with Crippen molar-refractivity contribution in [2.75, 3.05) is 6.61 Å². The quantitative estimate of drug-likeness (QED) is 0.508. The van der Waals surface area contributed by atoms with Crippen LogP contribution in [0.2, 0.25) is 0 Å². The molecule has 0 radical (unpaired) electrons.